The van der Waals surface area contributed by atoms with E-state index < -0.39 is 0 Å². The summed E-state index contributed by atoms with van der Waals surface area (Å²) in [5.41, 5.74) is 0. The van der Waals surface area contributed by atoms with Gasteiger partial charge in [0.25, 0.3) is 0 Å². The molecule has 0 spiro atoms. The Balaban J connectivity index is 1.25. The van der Waals surface area contributed by atoms with Crippen molar-refractivity contribution >= 4 is 0 Å². The van der Waals surface area contributed by atoms with E-state index in [0.29, 0.717) is 12.2 Å². The Kier molecular flexibility index (Phi) is 7.26. The van der Waals surface area contributed by atoms with Crippen LogP contribution >= 0.6 is 0 Å². The van der Waals surface area contributed by atoms with Gasteiger partial charge in [0.1, 0.15) is 0 Å². The highest BCUT2D eigenvalue weighted by Crippen LogP contribution is 2.37. The van der Waals surface area contributed by atoms with E-state index in [4.69, 9.17) is 9.47 Å². The zero-order valence-electron chi connectivity index (χ0n) is 15.3. The van der Waals surface area contributed by atoms with Gasteiger partial charge in [-0.05, 0) is 94.8 Å². The average molecular weight is 323 g/mol. The molecule has 3 aliphatic rings. The molecular formula is C21H38O2. The minimum atomic E-state index is 0.573. The van der Waals surface area contributed by atoms with Gasteiger partial charge in [0.15, 0.2) is 0 Å². The fourth-order valence-corrected chi connectivity index (χ4v) is 4.49. The van der Waals surface area contributed by atoms with Gasteiger partial charge in [-0.15, -0.1) is 0 Å². The van der Waals surface area contributed by atoms with Crippen LogP contribution in [-0.4, -0.2) is 25.4 Å². The second-order valence-corrected chi connectivity index (χ2v) is 8.52. The summed E-state index contributed by atoms with van der Waals surface area (Å²) in [6.07, 6.45) is 18.9. The van der Waals surface area contributed by atoms with E-state index in [1.807, 2.05) is 0 Å². The van der Waals surface area contributed by atoms with Gasteiger partial charge in [-0.25, -0.2) is 0 Å². The van der Waals surface area contributed by atoms with Crippen molar-refractivity contribution in [2.45, 2.75) is 103 Å². The van der Waals surface area contributed by atoms with Gasteiger partial charge < -0.3 is 9.47 Å². The predicted molar refractivity (Wildman–Crippen MR) is 95.6 cm³/mol. The summed E-state index contributed by atoms with van der Waals surface area (Å²) in [5.74, 6) is 2.88. The Morgan fingerprint density at radius 1 is 0.652 bits per heavy atom. The van der Waals surface area contributed by atoms with Crippen LogP contribution in [0.5, 0.6) is 0 Å². The highest BCUT2D eigenvalue weighted by molar-refractivity contribution is 4.80. The molecule has 0 aliphatic heterocycles. The van der Waals surface area contributed by atoms with E-state index in [-0.39, 0.29) is 0 Å². The SMILES string of the molecule is CCCCOC1CCC(CC2CCC(OCC3CC3)CC2)CC1. The van der Waals surface area contributed by atoms with E-state index >= 15 is 0 Å². The molecule has 0 bridgehead atoms. The molecule has 0 N–H and O–H groups in total. The Labute approximate surface area is 143 Å². The quantitative estimate of drug-likeness (QED) is 0.504. The molecule has 2 nitrogen and oxygen atoms in total. The molecule has 0 amide bonds. The number of hydrogen-bond acceptors (Lipinski definition) is 2. The monoisotopic (exact) mass is 322 g/mol. The first-order valence-electron chi connectivity index (χ1n) is 10.6. The van der Waals surface area contributed by atoms with E-state index in [2.05, 4.69) is 6.92 Å². The second kappa shape index (κ2) is 9.42. The van der Waals surface area contributed by atoms with E-state index in [0.717, 1.165) is 31.0 Å². The molecule has 3 rings (SSSR count). The summed E-state index contributed by atoms with van der Waals surface area (Å²) >= 11 is 0. The first kappa shape index (κ1) is 17.7. The van der Waals surface area contributed by atoms with Gasteiger partial charge in [0.05, 0.1) is 12.2 Å². The summed E-state index contributed by atoms with van der Waals surface area (Å²) in [5, 5.41) is 0. The van der Waals surface area contributed by atoms with Crippen LogP contribution in [0, 0.1) is 17.8 Å². The van der Waals surface area contributed by atoms with Crippen LogP contribution < -0.4 is 0 Å². The molecule has 23 heavy (non-hydrogen) atoms. The number of rotatable bonds is 9. The van der Waals surface area contributed by atoms with Gasteiger partial charge in [-0.1, -0.05) is 13.3 Å². The molecule has 134 valence electrons. The van der Waals surface area contributed by atoms with Gasteiger partial charge in [0.2, 0.25) is 0 Å². The largest absolute Gasteiger partial charge is 0.378 e. The minimum Gasteiger partial charge on any atom is -0.378 e. The number of ether oxygens (including phenoxy) is 2. The van der Waals surface area contributed by atoms with Crippen molar-refractivity contribution in [3.05, 3.63) is 0 Å². The maximum Gasteiger partial charge on any atom is 0.0575 e. The van der Waals surface area contributed by atoms with Crippen LogP contribution in [0.1, 0.15) is 90.4 Å². The molecule has 0 aromatic heterocycles. The first-order chi connectivity index (χ1) is 11.3. The minimum absolute atomic E-state index is 0.573. The van der Waals surface area contributed by atoms with Crippen molar-refractivity contribution in [3.8, 4) is 0 Å². The lowest BCUT2D eigenvalue weighted by molar-refractivity contribution is 0.00122. The van der Waals surface area contributed by atoms with Gasteiger partial charge in [-0.3, -0.25) is 0 Å². The third-order valence-electron chi connectivity index (χ3n) is 6.37. The predicted octanol–water partition coefficient (Wildman–Crippen LogP) is 5.74. The van der Waals surface area contributed by atoms with Crippen LogP contribution in [0.4, 0.5) is 0 Å². The fraction of sp³-hybridized carbons (Fsp3) is 1.00. The van der Waals surface area contributed by atoms with Crippen molar-refractivity contribution in [2.75, 3.05) is 13.2 Å². The first-order valence-corrected chi connectivity index (χ1v) is 10.6. The lowest BCUT2D eigenvalue weighted by atomic mass is 9.76. The summed E-state index contributed by atoms with van der Waals surface area (Å²) in [7, 11) is 0. The molecule has 0 aromatic carbocycles. The average Bonchev–Trinajstić information content (AvgIpc) is 3.40. The zero-order valence-corrected chi connectivity index (χ0v) is 15.3. The van der Waals surface area contributed by atoms with Gasteiger partial charge >= 0.3 is 0 Å². The Morgan fingerprint density at radius 2 is 1.17 bits per heavy atom. The van der Waals surface area contributed by atoms with Gasteiger partial charge in [0, 0.05) is 13.2 Å². The maximum atomic E-state index is 6.09. The van der Waals surface area contributed by atoms with Crippen molar-refractivity contribution in [1.82, 2.24) is 0 Å². The van der Waals surface area contributed by atoms with Crippen LogP contribution in [0.2, 0.25) is 0 Å². The molecule has 3 aliphatic carbocycles. The van der Waals surface area contributed by atoms with Crippen LogP contribution in [0.15, 0.2) is 0 Å². The lowest BCUT2D eigenvalue weighted by Crippen LogP contribution is -2.26. The van der Waals surface area contributed by atoms with Crippen LogP contribution in [0.3, 0.4) is 0 Å². The molecule has 0 radical (unpaired) electrons. The van der Waals surface area contributed by atoms with Crippen molar-refractivity contribution in [3.63, 3.8) is 0 Å². The summed E-state index contributed by atoms with van der Waals surface area (Å²) < 4.78 is 12.1. The molecular weight excluding hydrogens is 284 g/mol. The normalized spacial score (nSPS) is 35.3. The molecule has 3 fully saturated rings. The molecule has 0 atom stereocenters. The van der Waals surface area contributed by atoms with Crippen molar-refractivity contribution in [1.29, 1.82) is 0 Å². The zero-order chi connectivity index (χ0) is 15.9. The smallest absolute Gasteiger partial charge is 0.0575 e. The summed E-state index contributed by atoms with van der Waals surface area (Å²) in [4.78, 5) is 0. The summed E-state index contributed by atoms with van der Waals surface area (Å²) in [6.45, 7) is 4.28. The van der Waals surface area contributed by atoms with E-state index in [9.17, 15) is 0 Å². The van der Waals surface area contributed by atoms with Crippen LogP contribution in [0.25, 0.3) is 0 Å². The summed E-state index contributed by atoms with van der Waals surface area (Å²) in [6, 6.07) is 0. The molecule has 2 heteroatoms. The Hall–Kier alpha value is -0.0800. The molecule has 0 aromatic rings. The van der Waals surface area contributed by atoms with E-state index in [1.165, 1.54) is 83.5 Å². The lowest BCUT2D eigenvalue weighted by Gasteiger charge is -2.34. The highest BCUT2D eigenvalue weighted by atomic mass is 16.5. The number of unbranched alkanes of at least 4 members (excludes halogenated alkanes) is 1. The molecule has 0 unspecified atom stereocenters. The fourth-order valence-electron chi connectivity index (χ4n) is 4.49. The van der Waals surface area contributed by atoms with Gasteiger partial charge in [-0.2, -0.15) is 0 Å². The Morgan fingerprint density at radius 3 is 1.70 bits per heavy atom. The van der Waals surface area contributed by atoms with Crippen LogP contribution in [-0.2, 0) is 9.47 Å². The third-order valence-corrected chi connectivity index (χ3v) is 6.37. The standard InChI is InChI=1S/C21H38O2/c1-2-3-14-22-20-10-6-17(7-11-20)15-18-8-12-21(13-9-18)23-16-19-4-5-19/h17-21H,2-16H2,1H3. The topological polar surface area (TPSA) is 18.5 Å². The molecule has 3 saturated carbocycles. The highest BCUT2D eigenvalue weighted by Gasteiger charge is 2.29. The second-order valence-electron chi connectivity index (χ2n) is 8.52. The maximum absolute atomic E-state index is 6.09. The third kappa shape index (κ3) is 6.38. The Bertz CT molecular complexity index is 310. The molecule has 0 saturated heterocycles. The number of hydrogen-bond donors (Lipinski definition) is 0. The van der Waals surface area contributed by atoms with Crippen molar-refractivity contribution in [2.24, 2.45) is 17.8 Å². The van der Waals surface area contributed by atoms with Crippen molar-refractivity contribution < 1.29 is 9.47 Å². The molecule has 0 heterocycles. The van der Waals surface area contributed by atoms with E-state index in [1.54, 1.807) is 0 Å².